The Morgan fingerprint density at radius 3 is 2.56 bits per heavy atom. The van der Waals surface area contributed by atoms with E-state index < -0.39 is 18.1 Å². The number of carbonyl (C=O) groups excluding carboxylic acids is 1. The number of likely N-dealkylation sites (tertiary alicyclic amines) is 1. The van der Waals surface area contributed by atoms with Crippen LogP contribution < -0.4 is 5.48 Å². The average Bonchev–Trinajstić information content (AvgIpc) is 3.36. The number of aliphatic hydroxyl groups is 2. The molecule has 1 saturated heterocycles. The zero-order valence-electron chi connectivity index (χ0n) is 19.3. The maximum atomic E-state index is 11.4. The highest BCUT2D eigenvalue weighted by molar-refractivity contribution is 5.90. The second kappa shape index (κ2) is 10.3. The summed E-state index contributed by atoms with van der Waals surface area (Å²) < 4.78 is 1.85. The van der Waals surface area contributed by atoms with Gasteiger partial charge in [-0.2, -0.15) is 5.10 Å². The topological polar surface area (TPSA) is 111 Å². The van der Waals surface area contributed by atoms with Crippen molar-refractivity contribution in [2.45, 2.75) is 45.1 Å². The largest absolute Gasteiger partial charge is 0.392 e. The van der Waals surface area contributed by atoms with Gasteiger partial charge in [-0.05, 0) is 49.6 Å². The Morgan fingerprint density at radius 1 is 1.18 bits per heavy atom. The first kappa shape index (κ1) is 23.8. The molecule has 3 atom stereocenters. The number of para-hydroxylation sites is 1. The molecule has 4 N–H and O–H groups in total. The molecule has 1 aromatic heterocycles. The number of nitrogens with one attached hydrogen (secondary N) is 1. The van der Waals surface area contributed by atoms with E-state index in [0.29, 0.717) is 19.5 Å². The molecule has 2 heterocycles. The van der Waals surface area contributed by atoms with E-state index in [0.717, 1.165) is 33.8 Å². The minimum Gasteiger partial charge on any atom is -0.392 e. The molecule has 1 fully saturated rings. The van der Waals surface area contributed by atoms with E-state index in [2.05, 4.69) is 10.00 Å². The van der Waals surface area contributed by atoms with Gasteiger partial charge in [0.2, 0.25) is 0 Å². The normalized spacial score (nSPS) is 19.6. The van der Waals surface area contributed by atoms with Gasteiger partial charge in [-0.15, -0.1) is 0 Å². The van der Waals surface area contributed by atoms with Crippen LogP contribution in [0.5, 0.6) is 0 Å². The third-order valence-corrected chi connectivity index (χ3v) is 6.34. The molecule has 1 aliphatic rings. The number of aromatic nitrogens is 2. The lowest BCUT2D eigenvalue weighted by Gasteiger charge is -2.28. The number of hydrogen-bond acceptors (Lipinski definition) is 6. The number of β-amino-alcohol motifs (C(OH)–C–C–N with tert-alkyl or cyclic N) is 1. The van der Waals surface area contributed by atoms with E-state index in [1.807, 2.05) is 73.1 Å². The molecule has 2 aromatic carbocycles. The molecule has 0 spiro atoms. The second-order valence-electron chi connectivity index (χ2n) is 8.71. The van der Waals surface area contributed by atoms with Crippen LogP contribution in [0, 0.1) is 13.8 Å². The summed E-state index contributed by atoms with van der Waals surface area (Å²) in [6.07, 6.45) is 2.04. The van der Waals surface area contributed by atoms with Crippen molar-refractivity contribution in [2.24, 2.45) is 0 Å². The molecule has 8 heteroatoms. The van der Waals surface area contributed by atoms with Gasteiger partial charge in [-0.1, -0.05) is 42.5 Å². The van der Waals surface area contributed by atoms with Crippen LogP contribution >= 0.6 is 0 Å². The SMILES string of the molecule is Cc1nn(-c2ccccc2)c(C)c1C(O)[C@H]1C[C@H](O)CN1Cc1ccc(/C=C/C(=O)NO)cc1. The quantitative estimate of drug-likeness (QED) is 0.244. The fourth-order valence-corrected chi connectivity index (χ4v) is 4.69. The van der Waals surface area contributed by atoms with Crippen LogP contribution in [0.3, 0.4) is 0 Å². The molecular weight excluding hydrogens is 432 g/mol. The summed E-state index contributed by atoms with van der Waals surface area (Å²) in [5.74, 6) is -0.590. The third-order valence-electron chi connectivity index (χ3n) is 6.34. The van der Waals surface area contributed by atoms with Gasteiger partial charge in [0.25, 0.3) is 5.91 Å². The number of benzene rings is 2. The highest BCUT2D eigenvalue weighted by Gasteiger charge is 2.38. The maximum Gasteiger partial charge on any atom is 0.267 e. The number of hydroxylamine groups is 1. The van der Waals surface area contributed by atoms with Crippen LogP contribution in [0.2, 0.25) is 0 Å². The summed E-state index contributed by atoms with van der Waals surface area (Å²) in [6.45, 7) is 4.92. The fourth-order valence-electron chi connectivity index (χ4n) is 4.69. The summed E-state index contributed by atoms with van der Waals surface area (Å²) >= 11 is 0. The van der Waals surface area contributed by atoms with Gasteiger partial charge in [-0.25, -0.2) is 10.2 Å². The Labute approximate surface area is 198 Å². The van der Waals surface area contributed by atoms with Crippen LogP contribution in [0.15, 0.2) is 60.7 Å². The summed E-state index contributed by atoms with van der Waals surface area (Å²) in [4.78, 5) is 13.3. The van der Waals surface area contributed by atoms with Crippen molar-refractivity contribution in [3.05, 3.63) is 88.8 Å². The minimum absolute atomic E-state index is 0.242. The standard InChI is InChI=1S/C26H30N4O4/c1-17-25(18(2)30(27-17)21-6-4-3-5-7-21)26(33)23-14-22(31)16-29(23)15-20-10-8-19(9-11-20)12-13-24(32)28-34/h3-13,22-23,26,31,33-34H,14-16H2,1-2H3,(H,28,32)/b13-12+/t22-,23+,26?/m0/s1. The number of rotatable bonds is 7. The molecule has 3 aromatic rings. The smallest absolute Gasteiger partial charge is 0.267 e. The molecule has 0 bridgehead atoms. The number of carbonyl (C=O) groups is 1. The monoisotopic (exact) mass is 462 g/mol. The molecule has 1 unspecified atom stereocenters. The van der Waals surface area contributed by atoms with Crippen molar-refractivity contribution < 1.29 is 20.2 Å². The summed E-state index contributed by atoms with van der Waals surface area (Å²) in [6, 6.07) is 17.3. The first-order chi connectivity index (χ1) is 16.4. The van der Waals surface area contributed by atoms with Gasteiger partial charge in [-0.3, -0.25) is 14.9 Å². The van der Waals surface area contributed by atoms with E-state index in [4.69, 9.17) is 5.21 Å². The fraction of sp³-hybridized carbons (Fsp3) is 0.308. The predicted molar refractivity (Wildman–Crippen MR) is 128 cm³/mol. The van der Waals surface area contributed by atoms with Crippen molar-refractivity contribution in [3.8, 4) is 5.69 Å². The van der Waals surface area contributed by atoms with Crippen molar-refractivity contribution >= 4 is 12.0 Å². The number of aryl methyl sites for hydroxylation is 1. The molecule has 0 radical (unpaired) electrons. The summed E-state index contributed by atoms with van der Waals surface area (Å²) in [5.41, 5.74) is 6.82. The van der Waals surface area contributed by atoms with E-state index in [1.54, 1.807) is 11.6 Å². The van der Waals surface area contributed by atoms with E-state index in [1.165, 1.54) is 6.08 Å². The van der Waals surface area contributed by atoms with Crippen molar-refractivity contribution in [3.63, 3.8) is 0 Å². The lowest BCUT2D eigenvalue weighted by Crippen LogP contribution is -2.34. The maximum absolute atomic E-state index is 11.4. The van der Waals surface area contributed by atoms with Gasteiger partial charge in [0.15, 0.2) is 0 Å². The molecule has 1 aliphatic heterocycles. The number of aliphatic hydroxyl groups excluding tert-OH is 2. The molecule has 34 heavy (non-hydrogen) atoms. The Balaban J connectivity index is 1.52. The molecule has 8 nitrogen and oxygen atoms in total. The van der Waals surface area contributed by atoms with Crippen LogP contribution in [-0.2, 0) is 11.3 Å². The van der Waals surface area contributed by atoms with Gasteiger partial charge in [0, 0.05) is 36.5 Å². The van der Waals surface area contributed by atoms with Crippen molar-refractivity contribution in [2.75, 3.05) is 6.54 Å². The summed E-state index contributed by atoms with van der Waals surface area (Å²) in [5, 5.41) is 35.1. The Morgan fingerprint density at radius 2 is 1.88 bits per heavy atom. The number of nitrogens with zero attached hydrogens (tertiary/aromatic N) is 3. The molecule has 4 rings (SSSR count). The van der Waals surface area contributed by atoms with Crippen LogP contribution in [0.1, 0.15) is 40.6 Å². The van der Waals surface area contributed by atoms with Gasteiger partial charge >= 0.3 is 0 Å². The molecule has 0 saturated carbocycles. The van der Waals surface area contributed by atoms with Crippen LogP contribution in [0.4, 0.5) is 0 Å². The van der Waals surface area contributed by atoms with Gasteiger partial charge in [0.05, 0.1) is 23.6 Å². The molecule has 178 valence electrons. The Kier molecular flexibility index (Phi) is 7.23. The Hall–Kier alpha value is -3.30. The van der Waals surface area contributed by atoms with E-state index in [-0.39, 0.29) is 6.04 Å². The minimum atomic E-state index is -0.784. The average molecular weight is 463 g/mol. The molecule has 0 aliphatic carbocycles. The molecule has 1 amide bonds. The van der Waals surface area contributed by atoms with Crippen LogP contribution in [-0.4, -0.2) is 54.7 Å². The van der Waals surface area contributed by atoms with Gasteiger partial charge in [0.1, 0.15) is 0 Å². The lowest BCUT2D eigenvalue weighted by molar-refractivity contribution is -0.124. The van der Waals surface area contributed by atoms with E-state index >= 15 is 0 Å². The lowest BCUT2D eigenvalue weighted by atomic mass is 9.97. The molecular formula is C26H30N4O4. The van der Waals surface area contributed by atoms with Crippen LogP contribution in [0.25, 0.3) is 11.8 Å². The zero-order valence-corrected chi connectivity index (χ0v) is 19.3. The first-order valence-corrected chi connectivity index (χ1v) is 11.3. The van der Waals surface area contributed by atoms with Crippen molar-refractivity contribution in [1.82, 2.24) is 20.2 Å². The zero-order chi connectivity index (χ0) is 24.2. The Bertz CT molecular complexity index is 1160. The highest BCUT2D eigenvalue weighted by Crippen LogP contribution is 2.34. The third kappa shape index (κ3) is 5.10. The summed E-state index contributed by atoms with van der Waals surface area (Å²) in [7, 11) is 0. The highest BCUT2D eigenvalue weighted by atomic mass is 16.5. The predicted octanol–water partition coefficient (Wildman–Crippen LogP) is 2.68. The van der Waals surface area contributed by atoms with Crippen molar-refractivity contribution in [1.29, 1.82) is 0 Å². The van der Waals surface area contributed by atoms with E-state index in [9.17, 15) is 15.0 Å². The second-order valence-corrected chi connectivity index (χ2v) is 8.71. The first-order valence-electron chi connectivity index (χ1n) is 11.3. The number of hydrogen-bond donors (Lipinski definition) is 4. The van der Waals surface area contributed by atoms with Gasteiger partial charge < -0.3 is 10.2 Å². The number of amides is 1.